The second-order valence-corrected chi connectivity index (χ2v) is 10.2. The van der Waals surface area contributed by atoms with Gasteiger partial charge in [-0.3, -0.25) is 0 Å². The summed E-state index contributed by atoms with van der Waals surface area (Å²) in [7, 11) is 0. The number of hydrogen-bond acceptors (Lipinski definition) is 3. The molecule has 0 fully saturated rings. The zero-order valence-corrected chi connectivity index (χ0v) is 21.8. The third-order valence-electron chi connectivity index (χ3n) is 7.84. The fourth-order valence-corrected chi connectivity index (χ4v) is 5.95. The Bertz CT molecular complexity index is 2020. The quantitative estimate of drug-likeness (QED) is 0.237. The molecule has 0 aromatic heterocycles. The summed E-state index contributed by atoms with van der Waals surface area (Å²) in [5.41, 5.74) is 5.46. The first-order valence-electron chi connectivity index (χ1n) is 13.6. The van der Waals surface area contributed by atoms with E-state index in [0.29, 0.717) is 0 Å². The van der Waals surface area contributed by atoms with Crippen LogP contribution in [0.3, 0.4) is 0 Å². The molecule has 7 aromatic rings. The smallest absolute Gasteiger partial charge is 0.196 e. The molecule has 0 bridgehead atoms. The van der Waals surface area contributed by atoms with E-state index in [1.54, 1.807) is 0 Å². The molecule has 0 radical (unpaired) electrons. The molecule has 3 heteroatoms. The van der Waals surface area contributed by atoms with Crippen molar-refractivity contribution in [3.63, 3.8) is 0 Å². The van der Waals surface area contributed by atoms with Crippen LogP contribution in [-0.2, 0) is 0 Å². The highest BCUT2D eigenvalue weighted by atomic mass is 16.5. The molecular weight excluding hydrogens is 488 g/mol. The summed E-state index contributed by atoms with van der Waals surface area (Å²) < 4.78 is 6.69. The molecule has 40 heavy (non-hydrogen) atoms. The maximum atomic E-state index is 6.69. The molecule has 0 saturated heterocycles. The first-order chi connectivity index (χ1) is 19.8. The molecule has 1 aliphatic heterocycles. The Labute approximate surface area is 232 Å². The number of nitrogens with one attached hydrogen (secondary N) is 1. The third-order valence-corrected chi connectivity index (χ3v) is 7.84. The molecule has 1 atom stereocenters. The Morgan fingerprint density at radius 2 is 1.10 bits per heavy atom. The van der Waals surface area contributed by atoms with E-state index in [9.17, 15) is 0 Å². The van der Waals surface area contributed by atoms with Gasteiger partial charge in [-0.1, -0.05) is 109 Å². The predicted octanol–water partition coefficient (Wildman–Crippen LogP) is 10.1. The Hall–Kier alpha value is -5.28. The lowest BCUT2D eigenvalue weighted by Gasteiger charge is -2.26. The van der Waals surface area contributed by atoms with Crippen LogP contribution in [0.15, 0.2) is 146 Å². The van der Waals surface area contributed by atoms with Crippen LogP contribution in [-0.4, -0.2) is 0 Å². The molecular formula is C37H26N2O. The molecule has 7 aromatic carbocycles. The van der Waals surface area contributed by atoms with Gasteiger partial charge in [0.2, 0.25) is 0 Å². The molecule has 0 spiro atoms. The van der Waals surface area contributed by atoms with E-state index >= 15 is 0 Å². The molecule has 3 nitrogen and oxygen atoms in total. The van der Waals surface area contributed by atoms with Gasteiger partial charge in [-0.2, -0.15) is 0 Å². The molecule has 1 unspecified atom stereocenters. The fraction of sp³-hybridized carbons (Fsp3) is 0.0270. The number of para-hydroxylation sites is 1. The summed E-state index contributed by atoms with van der Waals surface area (Å²) in [6.45, 7) is 0. The van der Waals surface area contributed by atoms with Crippen molar-refractivity contribution in [2.45, 2.75) is 6.23 Å². The Morgan fingerprint density at radius 1 is 0.475 bits per heavy atom. The second kappa shape index (κ2) is 9.18. The van der Waals surface area contributed by atoms with Crippen molar-refractivity contribution in [1.29, 1.82) is 0 Å². The number of ether oxygens (including phenoxy) is 1. The van der Waals surface area contributed by atoms with Crippen molar-refractivity contribution in [2.24, 2.45) is 0 Å². The average molecular weight is 515 g/mol. The fourth-order valence-electron chi connectivity index (χ4n) is 5.95. The highest BCUT2D eigenvalue weighted by Crippen LogP contribution is 2.50. The summed E-state index contributed by atoms with van der Waals surface area (Å²) >= 11 is 0. The van der Waals surface area contributed by atoms with Crippen LogP contribution < -0.4 is 15.0 Å². The van der Waals surface area contributed by atoms with Crippen LogP contribution in [0, 0.1) is 0 Å². The minimum Gasteiger partial charge on any atom is -0.464 e. The number of benzene rings is 7. The Morgan fingerprint density at radius 3 is 1.93 bits per heavy atom. The Kier molecular flexibility index (Phi) is 5.20. The maximum absolute atomic E-state index is 6.69. The zero-order chi connectivity index (χ0) is 26.5. The largest absolute Gasteiger partial charge is 0.464 e. The standard InChI is InChI=1S/C37H26N2O/c1-3-12-26(13-4-1)37-38-35-33-18-10-9-17-31(33)32-22-21-30(24-34(32)36(35)40-37)39(28-15-5-2-6-16-28)29-20-19-25-11-7-8-14-27(25)23-29/h1-24,37-38H. The minimum absolute atomic E-state index is 0.237. The molecule has 8 rings (SSSR count). The molecule has 1 heterocycles. The Balaban J connectivity index is 1.35. The van der Waals surface area contributed by atoms with Crippen LogP contribution >= 0.6 is 0 Å². The van der Waals surface area contributed by atoms with Crippen molar-refractivity contribution in [3.8, 4) is 5.75 Å². The summed E-state index contributed by atoms with van der Waals surface area (Å²) in [6, 6.07) is 51.4. The summed E-state index contributed by atoms with van der Waals surface area (Å²) in [4.78, 5) is 2.32. The highest BCUT2D eigenvalue weighted by Gasteiger charge is 2.28. The van der Waals surface area contributed by atoms with Gasteiger partial charge in [0.15, 0.2) is 12.0 Å². The van der Waals surface area contributed by atoms with E-state index in [2.05, 4.69) is 150 Å². The summed E-state index contributed by atoms with van der Waals surface area (Å²) in [5, 5.41) is 10.8. The van der Waals surface area contributed by atoms with Crippen LogP contribution in [0.1, 0.15) is 11.8 Å². The first-order valence-corrected chi connectivity index (χ1v) is 13.6. The van der Waals surface area contributed by atoms with Crippen molar-refractivity contribution in [3.05, 3.63) is 151 Å². The number of nitrogens with zero attached hydrogens (tertiary/aromatic N) is 1. The second-order valence-electron chi connectivity index (χ2n) is 10.2. The van der Waals surface area contributed by atoms with Gasteiger partial charge in [-0.25, -0.2) is 0 Å². The lowest BCUT2D eigenvalue weighted by atomic mass is 9.98. The van der Waals surface area contributed by atoms with Crippen LogP contribution in [0.5, 0.6) is 5.75 Å². The lowest BCUT2D eigenvalue weighted by Crippen LogP contribution is -2.10. The molecule has 190 valence electrons. The van der Waals surface area contributed by atoms with Crippen molar-refractivity contribution < 1.29 is 4.74 Å². The molecule has 0 saturated carbocycles. The maximum Gasteiger partial charge on any atom is 0.196 e. The van der Waals surface area contributed by atoms with Crippen LogP contribution in [0.25, 0.3) is 32.3 Å². The number of rotatable bonds is 4. The van der Waals surface area contributed by atoms with Gasteiger partial charge in [-0.05, 0) is 57.9 Å². The van der Waals surface area contributed by atoms with E-state index in [1.807, 2.05) is 6.07 Å². The molecule has 1 aliphatic rings. The highest BCUT2D eigenvalue weighted by molar-refractivity contribution is 6.18. The van der Waals surface area contributed by atoms with Gasteiger partial charge < -0.3 is 15.0 Å². The van der Waals surface area contributed by atoms with Gasteiger partial charge in [-0.15, -0.1) is 0 Å². The SMILES string of the molecule is c1ccc(C2Nc3c(c4cc(N(c5ccccc5)c5ccc6ccccc6c5)ccc4c4ccccc34)O2)cc1. The number of anilines is 4. The van der Waals surface area contributed by atoms with Crippen molar-refractivity contribution in [2.75, 3.05) is 10.2 Å². The average Bonchev–Trinajstić information content (AvgIpc) is 3.49. The molecule has 0 aliphatic carbocycles. The summed E-state index contributed by atoms with van der Waals surface area (Å²) in [6.07, 6.45) is -0.237. The van der Waals surface area contributed by atoms with Gasteiger partial charge in [0.25, 0.3) is 0 Å². The van der Waals surface area contributed by atoms with Gasteiger partial charge in [0, 0.05) is 33.4 Å². The lowest BCUT2D eigenvalue weighted by molar-refractivity contribution is 0.262. The number of fused-ring (bicyclic) bond motifs is 7. The molecule has 0 amide bonds. The van der Waals surface area contributed by atoms with Gasteiger partial charge in [0.05, 0.1) is 5.69 Å². The van der Waals surface area contributed by atoms with Crippen LogP contribution in [0.4, 0.5) is 22.7 Å². The number of hydrogen-bond donors (Lipinski definition) is 1. The first kappa shape index (κ1) is 22.7. The molecule has 1 N–H and O–H groups in total. The van der Waals surface area contributed by atoms with E-state index in [0.717, 1.165) is 39.4 Å². The van der Waals surface area contributed by atoms with E-state index in [4.69, 9.17) is 4.74 Å². The van der Waals surface area contributed by atoms with Gasteiger partial charge in [0.1, 0.15) is 0 Å². The summed E-state index contributed by atoms with van der Waals surface area (Å²) in [5.74, 6) is 0.899. The minimum atomic E-state index is -0.237. The predicted molar refractivity (Wildman–Crippen MR) is 167 cm³/mol. The van der Waals surface area contributed by atoms with E-state index < -0.39 is 0 Å². The third kappa shape index (κ3) is 3.67. The van der Waals surface area contributed by atoms with Crippen LogP contribution in [0.2, 0.25) is 0 Å². The van der Waals surface area contributed by atoms with E-state index in [1.165, 1.54) is 26.9 Å². The zero-order valence-electron chi connectivity index (χ0n) is 21.8. The monoisotopic (exact) mass is 514 g/mol. The topological polar surface area (TPSA) is 24.5 Å². The normalized spacial score (nSPS) is 14.2. The van der Waals surface area contributed by atoms with Crippen molar-refractivity contribution >= 4 is 55.1 Å². The van der Waals surface area contributed by atoms with E-state index in [-0.39, 0.29) is 6.23 Å². The van der Waals surface area contributed by atoms with Gasteiger partial charge >= 0.3 is 0 Å². The van der Waals surface area contributed by atoms with Crippen molar-refractivity contribution in [1.82, 2.24) is 0 Å².